The van der Waals surface area contributed by atoms with Crippen molar-refractivity contribution >= 4 is 38.6 Å². The zero-order valence-electron chi connectivity index (χ0n) is 6.26. The molecule has 2 rings (SSSR count). The second kappa shape index (κ2) is 3.16. The second-order valence-corrected chi connectivity index (χ2v) is 3.86. The van der Waals surface area contributed by atoms with Crippen LogP contribution in [0.5, 0.6) is 0 Å². The number of nitrogens with two attached hydrogens (primary N) is 1. The predicted octanol–water partition coefficient (Wildman–Crippen LogP) is 1.24. The Hall–Kier alpha value is -1.39. The molecular weight excluding hydrogens is 206 g/mol. The average molecular weight is 209 g/mol. The topological polar surface area (TPSA) is 88.5 Å². The van der Waals surface area contributed by atoms with Crippen LogP contribution in [0, 0.1) is 10.7 Å². The van der Waals surface area contributed by atoms with Gasteiger partial charge in [0.05, 0.1) is 0 Å². The molecule has 13 heavy (non-hydrogen) atoms. The number of aromatic nitrogens is 3. The van der Waals surface area contributed by atoms with E-state index < -0.39 is 0 Å². The summed E-state index contributed by atoms with van der Waals surface area (Å²) in [5.41, 5.74) is 6.11. The Balaban J connectivity index is 2.69. The minimum absolute atomic E-state index is 0.440. The highest BCUT2D eigenvalue weighted by Gasteiger charge is 2.08. The fraction of sp³-hybridized carbons (Fsp3) is 0. The van der Waals surface area contributed by atoms with Gasteiger partial charge in [0.1, 0.15) is 27.1 Å². The van der Waals surface area contributed by atoms with Gasteiger partial charge in [0.2, 0.25) is 0 Å². The van der Waals surface area contributed by atoms with Crippen molar-refractivity contribution in [3.8, 4) is 5.40 Å². The molecule has 0 aliphatic rings. The van der Waals surface area contributed by atoms with Gasteiger partial charge >= 0.3 is 0 Å². The third-order valence-electron chi connectivity index (χ3n) is 1.32. The monoisotopic (exact) mass is 209 g/mol. The first-order chi connectivity index (χ1) is 6.31. The molecule has 0 radical (unpaired) electrons. The number of nitrogen functional groups attached to an aromatic ring is 1. The molecule has 0 unspecified atom stereocenters. The van der Waals surface area contributed by atoms with Crippen LogP contribution in [0.3, 0.4) is 0 Å². The molecule has 0 aliphatic carbocycles. The van der Waals surface area contributed by atoms with Crippen LogP contribution >= 0.6 is 23.1 Å². The number of nitriles is 1. The highest BCUT2D eigenvalue weighted by Crippen LogP contribution is 2.27. The van der Waals surface area contributed by atoms with E-state index in [1.165, 1.54) is 17.7 Å². The molecule has 0 aliphatic heterocycles. The Morgan fingerprint density at radius 1 is 1.54 bits per heavy atom. The van der Waals surface area contributed by atoms with Crippen molar-refractivity contribution in [1.82, 2.24) is 15.0 Å². The highest BCUT2D eigenvalue weighted by atomic mass is 32.2. The molecule has 0 amide bonds. The fourth-order valence-electron chi connectivity index (χ4n) is 0.868. The largest absolute Gasteiger partial charge is 0.375 e. The van der Waals surface area contributed by atoms with Crippen LogP contribution in [0.2, 0.25) is 0 Å². The van der Waals surface area contributed by atoms with Gasteiger partial charge in [-0.3, -0.25) is 0 Å². The maximum atomic E-state index is 8.48. The lowest BCUT2D eigenvalue weighted by molar-refractivity contribution is 1.10. The lowest BCUT2D eigenvalue weighted by atomic mass is 10.6. The van der Waals surface area contributed by atoms with Crippen molar-refractivity contribution in [2.45, 2.75) is 5.03 Å². The normalized spacial score (nSPS) is 10.1. The Labute approximate surface area is 81.6 Å². The number of thiazole rings is 1. The molecule has 2 N–H and O–H groups in total. The number of hydrogen-bond acceptors (Lipinski definition) is 7. The average Bonchev–Trinajstić information content (AvgIpc) is 2.47. The second-order valence-electron chi connectivity index (χ2n) is 2.08. The van der Waals surface area contributed by atoms with Gasteiger partial charge in [-0.25, -0.2) is 15.0 Å². The SMILES string of the molecule is N#CSc1ncnc2sc(N)nc12. The van der Waals surface area contributed by atoms with Crippen LogP contribution < -0.4 is 5.73 Å². The molecular formula is C6H3N5S2. The van der Waals surface area contributed by atoms with Crippen LogP contribution in [0.1, 0.15) is 0 Å². The molecule has 2 aromatic heterocycles. The zero-order valence-corrected chi connectivity index (χ0v) is 7.89. The highest BCUT2D eigenvalue weighted by molar-refractivity contribution is 8.03. The molecule has 0 aromatic carbocycles. The van der Waals surface area contributed by atoms with Crippen molar-refractivity contribution in [2.75, 3.05) is 5.73 Å². The van der Waals surface area contributed by atoms with E-state index >= 15 is 0 Å². The van der Waals surface area contributed by atoms with Gasteiger partial charge in [0.25, 0.3) is 0 Å². The predicted molar refractivity (Wildman–Crippen MR) is 51.1 cm³/mol. The molecule has 0 saturated heterocycles. The molecule has 7 heteroatoms. The Kier molecular flexibility index (Phi) is 2.00. The summed E-state index contributed by atoms with van der Waals surface area (Å²) in [6, 6.07) is 0. The molecule has 0 saturated carbocycles. The molecule has 0 spiro atoms. The molecule has 0 bridgehead atoms. The van der Waals surface area contributed by atoms with Crippen LogP contribution in [-0.2, 0) is 0 Å². The number of nitrogens with zero attached hydrogens (tertiary/aromatic N) is 4. The van der Waals surface area contributed by atoms with E-state index in [1.54, 1.807) is 0 Å². The van der Waals surface area contributed by atoms with E-state index in [-0.39, 0.29) is 0 Å². The van der Waals surface area contributed by atoms with Crippen molar-refractivity contribution in [3.63, 3.8) is 0 Å². The smallest absolute Gasteiger partial charge is 0.182 e. The first-order valence-corrected chi connectivity index (χ1v) is 4.87. The Bertz CT molecular complexity index is 485. The molecule has 5 nitrogen and oxygen atoms in total. The molecule has 0 fully saturated rings. The Morgan fingerprint density at radius 3 is 3.15 bits per heavy atom. The summed E-state index contributed by atoms with van der Waals surface area (Å²) in [4.78, 5) is 12.7. The molecule has 2 aromatic rings. The van der Waals surface area contributed by atoms with Gasteiger partial charge in [-0.15, -0.1) is 0 Å². The van der Waals surface area contributed by atoms with Crippen molar-refractivity contribution in [3.05, 3.63) is 6.33 Å². The van der Waals surface area contributed by atoms with E-state index in [4.69, 9.17) is 11.0 Å². The van der Waals surface area contributed by atoms with E-state index in [0.29, 0.717) is 20.5 Å². The minimum atomic E-state index is 0.440. The number of hydrogen-bond donors (Lipinski definition) is 1. The summed E-state index contributed by atoms with van der Waals surface area (Å²) >= 11 is 2.25. The van der Waals surface area contributed by atoms with Gasteiger partial charge in [0, 0.05) is 11.8 Å². The maximum Gasteiger partial charge on any atom is 0.182 e. The standard InChI is InChI=1S/C6H3N5S2/c7-1-12-4-3-5(10-2-9-4)13-6(8)11-3/h2H,(H2,8,11). The zero-order chi connectivity index (χ0) is 9.26. The first kappa shape index (κ1) is 8.22. The van der Waals surface area contributed by atoms with Crippen LogP contribution in [-0.4, -0.2) is 15.0 Å². The molecule has 0 atom stereocenters. The quantitative estimate of drug-likeness (QED) is 0.432. The van der Waals surface area contributed by atoms with E-state index in [1.807, 2.05) is 5.40 Å². The minimum Gasteiger partial charge on any atom is -0.375 e. The van der Waals surface area contributed by atoms with Gasteiger partial charge < -0.3 is 5.73 Å². The van der Waals surface area contributed by atoms with Crippen molar-refractivity contribution < 1.29 is 0 Å². The maximum absolute atomic E-state index is 8.48. The summed E-state index contributed by atoms with van der Waals surface area (Å²) in [6.07, 6.45) is 1.40. The van der Waals surface area contributed by atoms with Crippen LogP contribution in [0.25, 0.3) is 10.3 Å². The number of fused-ring (bicyclic) bond motifs is 1. The van der Waals surface area contributed by atoms with E-state index in [0.717, 1.165) is 11.8 Å². The summed E-state index contributed by atoms with van der Waals surface area (Å²) < 4.78 is 0. The van der Waals surface area contributed by atoms with Crippen LogP contribution in [0.4, 0.5) is 5.13 Å². The van der Waals surface area contributed by atoms with E-state index in [2.05, 4.69) is 15.0 Å². The lowest BCUT2D eigenvalue weighted by Crippen LogP contribution is -1.84. The summed E-state index contributed by atoms with van der Waals surface area (Å²) in [6.45, 7) is 0. The van der Waals surface area contributed by atoms with Crippen molar-refractivity contribution in [1.29, 1.82) is 5.26 Å². The van der Waals surface area contributed by atoms with Gasteiger partial charge in [-0.1, -0.05) is 11.3 Å². The van der Waals surface area contributed by atoms with Gasteiger partial charge in [0.15, 0.2) is 5.13 Å². The number of rotatable bonds is 1. The third-order valence-corrected chi connectivity index (χ3v) is 2.70. The van der Waals surface area contributed by atoms with Gasteiger partial charge in [-0.05, 0) is 0 Å². The van der Waals surface area contributed by atoms with E-state index in [9.17, 15) is 0 Å². The van der Waals surface area contributed by atoms with Gasteiger partial charge in [-0.2, -0.15) is 5.26 Å². The Morgan fingerprint density at radius 2 is 2.38 bits per heavy atom. The summed E-state index contributed by atoms with van der Waals surface area (Å²) in [5, 5.41) is 11.4. The summed E-state index contributed by atoms with van der Waals surface area (Å²) in [7, 11) is 0. The third kappa shape index (κ3) is 1.41. The number of anilines is 1. The molecule has 2 heterocycles. The lowest BCUT2D eigenvalue weighted by Gasteiger charge is -1.90. The molecule has 64 valence electrons. The van der Waals surface area contributed by atoms with Crippen LogP contribution in [0.15, 0.2) is 11.4 Å². The van der Waals surface area contributed by atoms with Crippen molar-refractivity contribution in [2.24, 2.45) is 0 Å². The number of thiocyanates is 1. The number of thioether (sulfide) groups is 1. The summed E-state index contributed by atoms with van der Waals surface area (Å²) in [5.74, 6) is 0. The fourth-order valence-corrected chi connectivity index (χ4v) is 2.03. The first-order valence-electron chi connectivity index (χ1n) is 3.24.